The smallest absolute Gasteiger partial charge is 0.255 e. The second-order valence-electron chi connectivity index (χ2n) is 6.54. The van der Waals surface area contributed by atoms with E-state index in [4.69, 9.17) is 0 Å². The van der Waals surface area contributed by atoms with Crippen LogP contribution in [0.3, 0.4) is 0 Å². The Hall–Kier alpha value is -2.21. The fraction of sp³-hybridized carbons (Fsp3) is 0.278. The highest BCUT2D eigenvalue weighted by atomic mass is 32.2. The van der Waals surface area contributed by atoms with Gasteiger partial charge in [0.1, 0.15) is 5.82 Å². The molecule has 0 saturated carbocycles. The summed E-state index contributed by atoms with van der Waals surface area (Å²) in [6, 6.07) is 12.0. The molecule has 0 fully saturated rings. The van der Waals surface area contributed by atoms with Crippen LogP contribution in [0.4, 0.5) is 10.1 Å². The van der Waals surface area contributed by atoms with Crippen LogP contribution < -0.4 is 5.32 Å². The molecule has 6 heteroatoms. The summed E-state index contributed by atoms with van der Waals surface area (Å²) in [6.07, 6.45) is 0. The van der Waals surface area contributed by atoms with E-state index in [2.05, 4.69) is 5.32 Å². The molecular weight excluding hydrogens is 329 g/mol. The van der Waals surface area contributed by atoms with Gasteiger partial charge in [0, 0.05) is 11.3 Å². The van der Waals surface area contributed by atoms with Gasteiger partial charge in [0.15, 0.2) is 9.84 Å². The standard InChI is InChI=1S/C18H20FNO3S/c1-18(2,3)24(22,23)12-13-6-4-9-16(10-13)20-17(21)14-7-5-8-15(19)11-14/h4-11H,12H2,1-3H3,(H,20,21). The molecule has 0 atom stereocenters. The summed E-state index contributed by atoms with van der Waals surface area (Å²) in [6.45, 7) is 4.95. The van der Waals surface area contributed by atoms with E-state index < -0.39 is 26.3 Å². The molecule has 0 aromatic heterocycles. The van der Waals surface area contributed by atoms with Crippen molar-refractivity contribution in [2.24, 2.45) is 0 Å². The van der Waals surface area contributed by atoms with Gasteiger partial charge in [-0.1, -0.05) is 18.2 Å². The van der Waals surface area contributed by atoms with Gasteiger partial charge in [-0.05, 0) is 56.7 Å². The molecule has 0 heterocycles. The lowest BCUT2D eigenvalue weighted by Crippen LogP contribution is -2.29. The molecule has 0 unspecified atom stereocenters. The Morgan fingerprint density at radius 1 is 1.08 bits per heavy atom. The van der Waals surface area contributed by atoms with Crippen LogP contribution >= 0.6 is 0 Å². The zero-order valence-corrected chi connectivity index (χ0v) is 14.7. The second-order valence-corrected chi connectivity index (χ2v) is 9.28. The minimum Gasteiger partial charge on any atom is -0.322 e. The van der Waals surface area contributed by atoms with Crippen LogP contribution in [0.25, 0.3) is 0 Å². The lowest BCUT2D eigenvalue weighted by atomic mass is 10.2. The van der Waals surface area contributed by atoms with E-state index in [-0.39, 0.29) is 11.3 Å². The Morgan fingerprint density at radius 3 is 2.38 bits per heavy atom. The highest BCUT2D eigenvalue weighted by Crippen LogP contribution is 2.22. The van der Waals surface area contributed by atoms with Gasteiger partial charge >= 0.3 is 0 Å². The first-order valence-corrected chi connectivity index (χ1v) is 9.12. The Kier molecular flexibility index (Phi) is 5.08. The van der Waals surface area contributed by atoms with E-state index in [1.807, 2.05) is 0 Å². The number of hydrogen-bond acceptors (Lipinski definition) is 3. The molecule has 2 rings (SSSR count). The Labute approximate surface area is 141 Å². The van der Waals surface area contributed by atoms with Crippen molar-refractivity contribution in [3.8, 4) is 0 Å². The SMILES string of the molecule is CC(C)(C)S(=O)(=O)Cc1cccc(NC(=O)c2cccc(F)c2)c1. The van der Waals surface area contributed by atoms with E-state index in [0.29, 0.717) is 11.3 Å². The zero-order chi connectivity index (χ0) is 18.0. The molecule has 1 amide bonds. The average Bonchev–Trinajstić information content (AvgIpc) is 2.46. The van der Waals surface area contributed by atoms with E-state index in [9.17, 15) is 17.6 Å². The third-order valence-electron chi connectivity index (χ3n) is 3.56. The molecule has 1 N–H and O–H groups in total. The topological polar surface area (TPSA) is 63.2 Å². The molecular formula is C18H20FNO3S. The normalized spacial score (nSPS) is 12.0. The van der Waals surface area contributed by atoms with Crippen LogP contribution in [-0.2, 0) is 15.6 Å². The fourth-order valence-electron chi connectivity index (χ4n) is 2.01. The van der Waals surface area contributed by atoms with Crippen LogP contribution in [0, 0.1) is 5.82 Å². The van der Waals surface area contributed by atoms with Crippen molar-refractivity contribution >= 4 is 21.4 Å². The third kappa shape index (κ3) is 4.41. The number of anilines is 1. The molecule has 0 aliphatic heterocycles. The minimum absolute atomic E-state index is 0.111. The van der Waals surface area contributed by atoms with Gasteiger partial charge in [0.2, 0.25) is 0 Å². The minimum atomic E-state index is -3.32. The first kappa shape index (κ1) is 18.1. The molecule has 2 aromatic rings. The first-order valence-electron chi connectivity index (χ1n) is 7.47. The van der Waals surface area contributed by atoms with Crippen LogP contribution in [0.15, 0.2) is 48.5 Å². The molecule has 0 bridgehead atoms. The quantitative estimate of drug-likeness (QED) is 0.913. The molecule has 2 aromatic carbocycles. The number of carbonyl (C=O) groups is 1. The third-order valence-corrected chi connectivity index (χ3v) is 6.14. The summed E-state index contributed by atoms with van der Waals surface area (Å²) in [5.74, 6) is -1.06. The van der Waals surface area contributed by atoms with Crippen molar-refractivity contribution in [2.75, 3.05) is 5.32 Å². The number of amides is 1. The van der Waals surface area contributed by atoms with Crippen LogP contribution in [0.2, 0.25) is 0 Å². The second kappa shape index (κ2) is 6.73. The molecule has 128 valence electrons. The van der Waals surface area contributed by atoms with Gasteiger partial charge in [-0.15, -0.1) is 0 Å². The molecule has 0 saturated heterocycles. The highest BCUT2D eigenvalue weighted by Gasteiger charge is 2.29. The lowest BCUT2D eigenvalue weighted by molar-refractivity contribution is 0.102. The molecule has 0 aliphatic carbocycles. The van der Waals surface area contributed by atoms with E-state index in [1.165, 1.54) is 18.2 Å². The van der Waals surface area contributed by atoms with E-state index >= 15 is 0 Å². The maximum atomic E-state index is 13.2. The average molecular weight is 349 g/mol. The van der Waals surface area contributed by atoms with E-state index in [1.54, 1.807) is 45.0 Å². The van der Waals surface area contributed by atoms with Gasteiger partial charge in [-0.25, -0.2) is 12.8 Å². The maximum Gasteiger partial charge on any atom is 0.255 e. The van der Waals surface area contributed by atoms with Crippen molar-refractivity contribution in [3.05, 3.63) is 65.5 Å². The van der Waals surface area contributed by atoms with Crippen LogP contribution in [-0.4, -0.2) is 19.1 Å². The zero-order valence-electron chi connectivity index (χ0n) is 13.8. The summed E-state index contributed by atoms with van der Waals surface area (Å²) in [5.41, 5.74) is 1.25. The first-order chi connectivity index (χ1) is 11.1. The number of sulfone groups is 1. The summed E-state index contributed by atoms with van der Waals surface area (Å²) in [4.78, 5) is 12.1. The van der Waals surface area contributed by atoms with Crippen LogP contribution in [0.1, 0.15) is 36.7 Å². The molecule has 24 heavy (non-hydrogen) atoms. The van der Waals surface area contributed by atoms with Crippen molar-refractivity contribution in [3.63, 3.8) is 0 Å². The molecule has 0 spiro atoms. The van der Waals surface area contributed by atoms with Crippen molar-refractivity contribution < 1.29 is 17.6 Å². The molecule has 0 radical (unpaired) electrons. The number of hydrogen-bond donors (Lipinski definition) is 1. The largest absolute Gasteiger partial charge is 0.322 e. The Balaban J connectivity index is 2.18. The Bertz CT molecular complexity index is 855. The summed E-state index contributed by atoms with van der Waals surface area (Å²) in [5, 5.41) is 2.65. The van der Waals surface area contributed by atoms with Crippen molar-refractivity contribution in [1.29, 1.82) is 0 Å². The summed E-state index contributed by atoms with van der Waals surface area (Å²) in [7, 11) is -3.32. The summed E-state index contributed by atoms with van der Waals surface area (Å²) < 4.78 is 36.9. The number of carbonyl (C=O) groups excluding carboxylic acids is 1. The number of nitrogens with one attached hydrogen (secondary N) is 1. The van der Waals surface area contributed by atoms with Gasteiger partial charge in [-0.2, -0.15) is 0 Å². The number of halogens is 1. The predicted octanol–water partition coefficient (Wildman–Crippen LogP) is 3.79. The van der Waals surface area contributed by atoms with Crippen molar-refractivity contribution in [1.82, 2.24) is 0 Å². The summed E-state index contributed by atoms with van der Waals surface area (Å²) >= 11 is 0. The number of rotatable bonds is 4. The van der Waals surface area contributed by atoms with Gasteiger partial charge in [0.25, 0.3) is 5.91 Å². The predicted molar refractivity (Wildman–Crippen MR) is 93.2 cm³/mol. The van der Waals surface area contributed by atoms with Crippen LogP contribution in [0.5, 0.6) is 0 Å². The Morgan fingerprint density at radius 2 is 1.75 bits per heavy atom. The molecule has 0 aliphatic rings. The maximum absolute atomic E-state index is 13.2. The lowest BCUT2D eigenvalue weighted by Gasteiger charge is -2.19. The van der Waals surface area contributed by atoms with Gasteiger partial charge < -0.3 is 5.32 Å². The number of benzene rings is 2. The molecule has 4 nitrogen and oxygen atoms in total. The van der Waals surface area contributed by atoms with E-state index in [0.717, 1.165) is 6.07 Å². The highest BCUT2D eigenvalue weighted by molar-refractivity contribution is 7.91. The van der Waals surface area contributed by atoms with Crippen molar-refractivity contribution in [2.45, 2.75) is 31.3 Å². The fourth-order valence-corrected chi connectivity index (χ4v) is 3.06. The van der Waals surface area contributed by atoms with Gasteiger partial charge in [-0.3, -0.25) is 4.79 Å². The van der Waals surface area contributed by atoms with Gasteiger partial charge in [0.05, 0.1) is 10.5 Å². The monoisotopic (exact) mass is 349 g/mol.